The third-order valence-corrected chi connectivity index (χ3v) is 9.72. The van der Waals surface area contributed by atoms with Crippen molar-refractivity contribution in [1.29, 1.82) is 5.26 Å². The van der Waals surface area contributed by atoms with E-state index >= 15 is 0 Å². The smallest absolute Gasteiger partial charge is 0.459 e. The molecule has 3 N–H and O–H groups in total. The number of hydrogen-bond acceptors (Lipinski definition) is 15. The quantitative estimate of drug-likeness (QED) is 0.0712. The summed E-state index contributed by atoms with van der Waals surface area (Å²) in [6, 6.07) is 13.6. The topological polar surface area (TPSA) is 221 Å². The van der Waals surface area contributed by atoms with Crippen LogP contribution in [0.1, 0.15) is 53.3 Å². The van der Waals surface area contributed by atoms with Crippen LogP contribution >= 0.6 is 7.75 Å². The summed E-state index contributed by atoms with van der Waals surface area (Å²) in [5.74, 6) is -3.40. The highest BCUT2D eigenvalue weighted by Crippen LogP contribution is 2.50. The molecule has 6 atom stereocenters. The van der Waals surface area contributed by atoms with Crippen LogP contribution in [-0.2, 0) is 51.9 Å². The van der Waals surface area contributed by atoms with E-state index in [0.717, 1.165) is 0 Å². The van der Waals surface area contributed by atoms with Gasteiger partial charge in [0.1, 0.15) is 37.2 Å². The molecule has 54 heavy (non-hydrogen) atoms. The molecule has 4 rings (SSSR count). The summed E-state index contributed by atoms with van der Waals surface area (Å²) in [7, 11) is -4.60. The van der Waals surface area contributed by atoms with Gasteiger partial charge in [0.05, 0.1) is 48.6 Å². The molecule has 3 heterocycles. The Morgan fingerprint density at radius 1 is 0.963 bits per heavy atom. The van der Waals surface area contributed by atoms with Gasteiger partial charge in [-0.25, -0.2) is 9.08 Å². The summed E-state index contributed by atoms with van der Waals surface area (Å²) < 4.78 is 61.7. The summed E-state index contributed by atoms with van der Waals surface area (Å²) in [5, 5.41) is 17.8. The fourth-order valence-electron chi connectivity index (χ4n) is 5.21. The minimum atomic E-state index is -4.60. The van der Waals surface area contributed by atoms with Crippen molar-refractivity contribution in [3.8, 4) is 11.8 Å². The van der Waals surface area contributed by atoms with Gasteiger partial charge >= 0.3 is 25.7 Å². The number of ether oxygens (including phenoxy) is 6. The zero-order valence-electron chi connectivity index (χ0n) is 31.2. The molecule has 1 saturated heterocycles. The van der Waals surface area contributed by atoms with E-state index < -0.39 is 74.1 Å². The van der Waals surface area contributed by atoms with E-state index in [9.17, 15) is 24.2 Å². The molecule has 3 aromatic rings. The average Bonchev–Trinajstić information content (AvgIpc) is 3.70. The van der Waals surface area contributed by atoms with E-state index in [2.05, 4.69) is 10.2 Å². The number of nitrogens with two attached hydrogens (primary N) is 1. The zero-order valence-corrected chi connectivity index (χ0v) is 32.1. The van der Waals surface area contributed by atoms with Crippen LogP contribution in [0.3, 0.4) is 0 Å². The first-order chi connectivity index (χ1) is 25.7. The third-order valence-electron chi connectivity index (χ3n) is 8.10. The van der Waals surface area contributed by atoms with Crippen molar-refractivity contribution in [1.82, 2.24) is 14.7 Å². The number of carbonyl (C=O) groups excluding carboxylic acids is 3. The largest absolute Gasteiger partial charge is 0.462 e. The number of rotatable bonds is 20. The van der Waals surface area contributed by atoms with Gasteiger partial charge in [0.25, 0.3) is 0 Å². The third kappa shape index (κ3) is 10.6. The molecule has 1 fully saturated rings. The standard InChI is InChI=1S/C36H48N5O12P/c1-7-46-17-18-47-19-20-48-35(44)25(6)40-54(45,53-26-11-9-8-10-12-26)49-22-36(21-37)32(51-34(43)24(4)5)31(50-33(42)23(2)3)30(52-36)29-14-13-28-27(38)15-16-39-41(28)29/h8-16,23-25,30-32H,7,17-20,22,38H2,1-6H3,(H,40,45)/t25-,30-,31-,32-,36+,54?/m0/s1. The molecular weight excluding hydrogens is 725 g/mol. The molecule has 1 aliphatic rings. The summed E-state index contributed by atoms with van der Waals surface area (Å²) in [4.78, 5) is 39.3. The van der Waals surface area contributed by atoms with Crippen LogP contribution < -0.4 is 15.3 Å². The minimum absolute atomic E-state index is 0.0945. The van der Waals surface area contributed by atoms with Crippen molar-refractivity contribution in [2.45, 2.75) is 71.5 Å². The van der Waals surface area contributed by atoms with Crippen LogP contribution in [0.4, 0.5) is 5.69 Å². The van der Waals surface area contributed by atoms with Crippen molar-refractivity contribution in [3.63, 3.8) is 0 Å². The number of benzene rings is 1. The maximum Gasteiger partial charge on any atom is 0.459 e. The molecule has 1 aromatic carbocycles. The number of nitrogens with zero attached hydrogens (tertiary/aromatic N) is 3. The van der Waals surface area contributed by atoms with Gasteiger partial charge < -0.3 is 38.7 Å². The number of hydrogen-bond donors (Lipinski definition) is 2. The number of aromatic nitrogens is 2. The molecule has 0 spiro atoms. The second kappa shape index (κ2) is 19.2. The van der Waals surface area contributed by atoms with E-state index in [1.807, 2.05) is 13.0 Å². The maximum absolute atomic E-state index is 14.5. The number of anilines is 1. The SMILES string of the molecule is CCOCCOCCOC(=O)[C@H](C)NP(=O)(OC[C@@]1(C#N)O[C@@H](c2ccc3c(N)ccnn23)[C@H](OC(=O)C(C)C)[C@@H]1OC(=O)C(C)C)Oc1ccccc1. The Morgan fingerprint density at radius 2 is 1.63 bits per heavy atom. The fraction of sp³-hybridized carbons (Fsp3) is 0.528. The zero-order chi connectivity index (χ0) is 39.5. The van der Waals surface area contributed by atoms with E-state index in [1.165, 1.54) is 29.8 Å². The van der Waals surface area contributed by atoms with Crippen LogP contribution in [0.15, 0.2) is 54.7 Å². The molecule has 1 unspecified atom stereocenters. The highest BCUT2D eigenvalue weighted by Gasteiger charge is 2.62. The van der Waals surface area contributed by atoms with Crippen LogP contribution in [0.2, 0.25) is 0 Å². The Morgan fingerprint density at radius 3 is 2.30 bits per heavy atom. The van der Waals surface area contributed by atoms with Gasteiger partial charge in [-0.1, -0.05) is 45.9 Å². The summed E-state index contributed by atoms with van der Waals surface area (Å²) in [5.41, 5.74) is 5.10. The molecule has 17 nitrogen and oxygen atoms in total. The Bertz CT molecular complexity index is 1820. The van der Waals surface area contributed by atoms with Crippen LogP contribution in [0.25, 0.3) is 5.52 Å². The Balaban J connectivity index is 1.68. The minimum Gasteiger partial charge on any atom is -0.462 e. The lowest BCUT2D eigenvalue weighted by molar-refractivity contribution is -0.173. The monoisotopic (exact) mass is 773 g/mol. The molecule has 294 valence electrons. The van der Waals surface area contributed by atoms with E-state index in [0.29, 0.717) is 36.7 Å². The number of para-hydroxylation sites is 1. The van der Waals surface area contributed by atoms with Crippen LogP contribution in [-0.4, -0.2) is 91.0 Å². The van der Waals surface area contributed by atoms with Crippen LogP contribution in [0.5, 0.6) is 5.75 Å². The Hall–Kier alpha value is -4.56. The highest BCUT2D eigenvalue weighted by molar-refractivity contribution is 7.52. The van der Waals surface area contributed by atoms with E-state index in [1.54, 1.807) is 64.1 Å². The first-order valence-electron chi connectivity index (χ1n) is 17.6. The van der Waals surface area contributed by atoms with Gasteiger partial charge in [0, 0.05) is 12.8 Å². The molecule has 2 aromatic heterocycles. The number of fused-ring (bicyclic) bond motifs is 1. The van der Waals surface area contributed by atoms with Gasteiger partial charge in [-0.05, 0) is 44.2 Å². The number of carbonyl (C=O) groups is 3. The normalized spacial score (nSPS) is 21.4. The predicted octanol–water partition coefficient (Wildman–Crippen LogP) is 4.16. The van der Waals surface area contributed by atoms with Gasteiger partial charge in [-0.2, -0.15) is 15.4 Å². The Kier molecular flexibility index (Phi) is 15.0. The van der Waals surface area contributed by atoms with E-state index in [-0.39, 0.29) is 19.0 Å². The molecule has 0 aliphatic carbocycles. The summed E-state index contributed by atoms with van der Waals surface area (Å²) >= 11 is 0. The highest BCUT2D eigenvalue weighted by atomic mass is 31.2. The summed E-state index contributed by atoms with van der Waals surface area (Å²) in [6.45, 7) is 10.0. The predicted molar refractivity (Wildman–Crippen MR) is 193 cm³/mol. The Labute approximate surface area is 313 Å². The van der Waals surface area contributed by atoms with Gasteiger partial charge in [-0.15, -0.1) is 0 Å². The average molecular weight is 774 g/mol. The van der Waals surface area contributed by atoms with Crippen molar-refractivity contribution in [2.75, 3.05) is 45.4 Å². The van der Waals surface area contributed by atoms with Gasteiger partial charge in [0.15, 0.2) is 12.2 Å². The second-order valence-corrected chi connectivity index (χ2v) is 14.6. The van der Waals surface area contributed by atoms with Crippen LogP contribution in [0, 0.1) is 23.2 Å². The molecular formula is C36H48N5O12P. The number of nitrogens with one attached hydrogen (secondary N) is 1. The first kappa shape index (κ1) is 42.2. The first-order valence-corrected chi connectivity index (χ1v) is 19.1. The lowest BCUT2D eigenvalue weighted by atomic mass is 9.95. The molecule has 1 aliphatic heterocycles. The number of esters is 3. The molecule has 0 bridgehead atoms. The van der Waals surface area contributed by atoms with Crippen molar-refractivity contribution in [2.24, 2.45) is 11.8 Å². The van der Waals surface area contributed by atoms with Crippen molar-refractivity contribution >= 4 is 36.9 Å². The molecule has 18 heteroatoms. The van der Waals surface area contributed by atoms with Crippen molar-refractivity contribution in [3.05, 3.63) is 60.4 Å². The van der Waals surface area contributed by atoms with Gasteiger partial charge in [0.2, 0.25) is 5.60 Å². The van der Waals surface area contributed by atoms with Gasteiger partial charge in [-0.3, -0.25) is 18.9 Å². The lowest BCUT2D eigenvalue weighted by Crippen LogP contribution is -2.50. The van der Waals surface area contributed by atoms with E-state index in [4.69, 9.17) is 43.2 Å². The number of nitriles is 1. The fourth-order valence-corrected chi connectivity index (χ4v) is 6.73. The second-order valence-electron chi connectivity index (χ2n) is 13.0. The maximum atomic E-state index is 14.5. The molecule has 0 saturated carbocycles. The van der Waals surface area contributed by atoms with Crippen molar-refractivity contribution < 1.29 is 56.4 Å². The lowest BCUT2D eigenvalue weighted by Gasteiger charge is -2.31. The molecule has 0 amide bonds. The number of nitrogen functional groups attached to an aromatic ring is 1. The molecule has 0 radical (unpaired) electrons. The summed E-state index contributed by atoms with van der Waals surface area (Å²) in [6.07, 6.45) is -2.85.